The van der Waals surface area contributed by atoms with Crippen molar-refractivity contribution in [1.29, 1.82) is 0 Å². The quantitative estimate of drug-likeness (QED) is 0.827. The highest BCUT2D eigenvalue weighted by molar-refractivity contribution is 9.10. The van der Waals surface area contributed by atoms with Crippen molar-refractivity contribution in [2.24, 2.45) is 11.7 Å². The first-order valence-corrected chi connectivity index (χ1v) is 6.31. The molecule has 0 saturated carbocycles. The number of halogens is 1. The molecule has 3 N–H and O–H groups in total. The van der Waals surface area contributed by atoms with Gasteiger partial charge in [-0.15, -0.1) is 0 Å². The van der Waals surface area contributed by atoms with Gasteiger partial charge in [0.2, 0.25) is 0 Å². The van der Waals surface area contributed by atoms with Crippen LogP contribution in [0.15, 0.2) is 22.7 Å². The Kier molecular flexibility index (Phi) is 3.40. The van der Waals surface area contributed by atoms with Crippen LogP contribution in [-0.2, 0) is 0 Å². The molecule has 0 spiro atoms. The van der Waals surface area contributed by atoms with Crippen LogP contribution in [0.25, 0.3) is 0 Å². The van der Waals surface area contributed by atoms with E-state index >= 15 is 0 Å². The Hall–Kier alpha value is -1.07. The Bertz CT molecular complexity index is 440. The number of nitrogens with zero attached hydrogens (tertiary/aromatic N) is 1. The number of likely N-dealkylation sites (tertiary alicyclic amines) is 1. The molecule has 4 nitrogen and oxygen atoms in total. The van der Waals surface area contributed by atoms with Crippen molar-refractivity contribution in [1.82, 2.24) is 4.90 Å². The molecule has 0 aromatic heterocycles. The highest BCUT2D eigenvalue weighted by Gasteiger charge is 2.31. The molecule has 1 aliphatic heterocycles. The van der Waals surface area contributed by atoms with Crippen molar-refractivity contribution in [2.45, 2.75) is 13.0 Å². The number of phenols is 1. The molecule has 0 bridgehead atoms. The molecule has 2 rings (SSSR count). The number of benzene rings is 1. The van der Waals surface area contributed by atoms with Crippen LogP contribution in [0.5, 0.6) is 5.75 Å². The van der Waals surface area contributed by atoms with Gasteiger partial charge < -0.3 is 15.7 Å². The topological polar surface area (TPSA) is 66.6 Å². The SMILES string of the molecule is CC1CN(C(=O)c2cc(Br)ccc2O)CC1N. The summed E-state index contributed by atoms with van der Waals surface area (Å²) in [5.74, 6) is 0.142. The minimum absolute atomic E-state index is 0.00586. The molecule has 92 valence electrons. The average Bonchev–Trinajstić information content (AvgIpc) is 2.62. The molecule has 1 heterocycles. The van der Waals surface area contributed by atoms with Crippen molar-refractivity contribution in [3.8, 4) is 5.75 Å². The second-order valence-electron chi connectivity index (χ2n) is 4.51. The summed E-state index contributed by atoms with van der Waals surface area (Å²) in [6, 6.07) is 4.86. The van der Waals surface area contributed by atoms with Crippen molar-refractivity contribution < 1.29 is 9.90 Å². The predicted molar refractivity (Wildman–Crippen MR) is 68.8 cm³/mol. The van der Waals surface area contributed by atoms with Crippen LogP contribution < -0.4 is 5.73 Å². The molecule has 0 radical (unpaired) electrons. The molecule has 1 saturated heterocycles. The fourth-order valence-corrected chi connectivity index (χ4v) is 2.37. The molecule has 1 amide bonds. The maximum atomic E-state index is 12.2. The summed E-state index contributed by atoms with van der Waals surface area (Å²) in [7, 11) is 0. The smallest absolute Gasteiger partial charge is 0.257 e. The van der Waals surface area contributed by atoms with Gasteiger partial charge in [0.15, 0.2) is 0 Å². The van der Waals surface area contributed by atoms with Crippen molar-refractivity contribution >= 4 is 21.8 Å². The van der Waals surface area contributed by atoms with Crippen LogP contribution >= 0.6 is 15.9 Å². The van der Waals surface area contributed by atoms with Gasteiger partial charge in [0.05, 0.1) is 5.56 Å². The minimum Gasteiger partial charge on any atom is -0.507 e. The predicted octanol–water partition coefficient (Wildman–Crippen LogP) is 1.57. The van der Waals surface area contributed by atoms with Gasteiger partial charge in [-0.1, -0.05) is 22.9 Å². The number of phenolic OH excluding ortho intramolecular Hbond substituents is 1. The Labute approximate surface area is 109 Å². The Balaban J connectivity index is 2.23. The average molecular weight is 299 g/mol. The fraction of sp³-hybridized carbons (Fsp3) is 0.417. The maximum Gasteiger partial charge on any atom is 0.257 e. The monoisotopic (exact) mass is 298 g/mol. The summed E-state index contributed by atoms with van der Waals surface area (Å²) in [5, 5.41) is 9.70. The first-order chi connectivity index (χ1) is 7.99. The highest BCUT2D eigenvalue weighted by atomic mass is 79.9. The number of hydrogen-bond donors (Lipinski definition) is 2. The van der Waals surface area contributed by atoms with Gasteiger partial charge in [0, 0.05) is 23.6 Å². The van der Waals surface area contributed by atoms with Crippen LogP contribution in [0.3, 0.4) is 0 Å². The molecule has 1 aliphatic rings. The number of carbonyl (C=O) groups excluding carboxylic acids is 1. The fourth-order valence-electron chi connectivity index (χ4n) is 2.01. The van der Waals surface area contributed by atoms with Crippen molar-refractivity contribution in [3.05, 3.63) is 28.2 Å². The number of hydrogen-bond acceptors (Lipinski definition) is 3. The third-order valence-electron chi connectivity index (χ3n) is 3.15. The van der Waals surface area contributed by atoms with Crippen LogP contribution in [0.4, 0.5) is 0 Å². The van der Waals surface area contributed by atoms with E-state index in [1.54, 1.807) is 17.0 Å². The maximum absolute atomic E-state index is 12.2. The summed E-state index contributed by atoms with van der Waals surface area (Å²) in [5.41, 5.74) is 6.21. The molecule has 17 heavy (non-hydrogen) atoms. The summed E-state index contributed by atoms with van der Waals surface area (Å²) >= 11 is 3.29. The molecular formula is C12H15BrN2O2. The van der Waals surface area contributed by atoms with E-state index < -0.39 is 0 Å². The summed E-state index contributed by atoms with van der Waals surface area (Å²) < 4.78 is 0.773. The van der Waals surface area contributed by atoms with Gasteiger partial charge >= 0.3 is 0 Å². The van der Waals surface area contributed by atoms with E-state index in [1.807, 2.05) is 6.92 Å². The molecule has 2 unspecified atom stereocenters. The van der Waals surface area contributed by atoms with Crippen LogP contribution in [-0.4, -0.2) is 35.0 Å². The summed E-state index contributed by atoms with van der Waals surface area (Å²) in [4.78, 5) is 13.9. The van der Waals surface area contributed by atoms with E-state index in [0.717, 1.165) is 4.47 Å². The van der Waals surface area contributed by atoms with Gasteiger partial charge in [0.1, 0.15) is 5.75 Å². The van der Waals surface area contributed by atoms with E-state index in [-0.39, 0.29) is 17.7 Å². The largest absolute Gasteiger partial charge is 0.507 e. The molecular weight excluding hydrogens is 284 g/mol. The highest BCUT2D eigenvalue weighted by Crippen LogP contribution is 2.25. The van der Waals surface area contributed by atoms with Crippen molar-refractivity contribution in [3.63, 3.8) is 0 Å². The van der Waals surface area contributed by atoms with Crippen LogP contribution in [0.2, 0.25) is 0 Å². The third-order valence-corrected chi connectivity index (χ3v) is 3.64. The number of aromatic hydroxyl groups is 1. The molecule has 1 fully saturated rings. The second kappa shape index (κ2) is 4.66. The Morgan fingerprint density at radius 1 is 1.53 bits per heavy atom. The Morgan fingerprint density at radius 2 is 2.24 bits per heavy atom. The van der Waals surface area contributed by atoms with E-state index in [4.69, 9.17) is 5.73 Å². The van der Waals surface area contributed by atoms with Gasteiger partial charge in [-0.25, -0.2) is 0 Å². The molecule has 2 atom stereocenters. The lowest BCUT2D eigenvalue weighted by Gasteiger charge is -2.16. The molecule has 5 heteroatoms. The van der Waals surface area contributed by atoms with E-state index in [2.05, 4.69) is 15.9 Å². The standard InChI is InChI=1S/C12H15BrN2O2/c1-7-5-15(6-10(7)14)12(17)9-4-8(13)2-3-11(9)16/h2-4,7,10,16H,5-6,14H2,1H3. The van der Waals surface area contributed by atoms with E-state index in [1.165, 1.54) is 6.07 Å². The van der Waals surface area contributed by atoms with Gasteiger partial charge in [0.25, 0.3) is 5.91 Å². The number of nitrogens with two attached hydrogens (primary N) is 1. The van der Waals surface area contributed by atoms with Crippen molar-refractivity contribution in [2.75, 3.05) is 13.1 Å². The zero-order valence-corrected chi connectivity index (χ0v) is 11.1. The lowest BCUT2D eigenvalue weighted by molar-refractivity contribution is 0.0783. The number of carbonyl (C=O) groups is 1. The third kappa shape index (κ3) is 2.45. The van der Waals surface area contributed by atoms with Crippen LogP contribution in [0.1, 0.15) is 17.3 Å². The summed E-state index contributed by atoms with van der Waals surface area (Å²) in [6.07, 6.45) is 0. The normalized spacial score (nSPS) is 24.1. The minimum atomic E-state index is -0.163. The van der Waals surface area contributed by atoms with Gasteiger partial charge in [-0.05, 0) is 24.1 Å². The molecule has 0 aliphatic carbocycles. The number of rotatable bonds is 1. The lowest BCUT2D eigenvalue weighted by Crippen LogP contribution is -2.32. The number of amides is 1. The van der Waals surface area contributed by atoms with Gasteiger partial charge in [-0.2, -0.15) is 0 Å². The zero-order valence-electron chi connectivity index (χ0n) is 9.56. The lowest BCUT2D eigenvalue weighted by atomic mass is 10.1. The first-order valence-electron chi connectivity index (χ1n) is 5.52. The first kappa shape index (κ1) is 12.4. The Morgan fingerprint density at radius 3 is 2.82 bits per heavy atom. The second-order valence-corrected chi connectivity index (χ2v) is 5.43. The van der Waals surface area contributed by atoms with E-state index in [9.17, 15) is 9.90 Å². The van der Waals surface area contributed by atoms with Gasteiger partial charge in [-0.3, -0.25) is 4.79 Å². The van der Waals surface area contributed by atoms with Crippen LogP contribution in [0, 0.1) is 5.92 Å². The molecule has 1 aromatic carbocycles. The molecule has 1 aromatic rings. The zero-order chi connectivity index (χ0) is 12.6. The van der Waals surface area contributed by atoms with E-state index in [0.29, 0.717) is 24.6 Å². The summed E-state index contributed by atoms with van der Waals surface area (Å²) in [6.45, 7) is 3.22.